The molecule has 1 amide bonds. The molecule has 3 nitrogen and oxygen atoms in total. The molecule has 4 heteroatoms. The maximum Gasteiger partial charge on any atom is 0.227 e. The number of hydrogen-bond acceptors (Lipinski definition) is 2. The number of hydrogen-bond donors (Lipinski definition) is 1. The third-order valence-corrected chi connectivity index (χ3v) is 3.53. The van der Waals surface area contributed by atoms with Gasteiger partial charge in [-0.3, -0.25) is 4.79 Å². The van der Waals surface area contributed by atoms with Crippen molar-refractivity contribution >= 4 is 5.91 Å². The Labute approximate surface area is 107 Å². The average Bonchev–Trinajstić information content (AvgIpc) is 2.74. The second kappa shape index (κ2) is 5.48. The lowest BCUT2D eigenvalue weighted by Crippen LogP contribution is -2.37. The molecule has 1 aliphatic heterocycles. The molecule has 0 aliphatic carbocycles. The van der Waals surface area contributed by atoms with Crippen molar-refractivity contribution in [2.24, 2.45) is 5.92 Å². The number of nitrogens with zero attached hydrogens (tertiary/aromatic N) is 1. The van der Waals surface area contributed by atoms with E-state index in [1.165, 1.54) is 12.1 Å². The molecule has 2 atom stereocenters. The van der Waals surface area contributed by atoms with Crippen LogP contribution >= 0.6 is 0 Å². The van der Waals surface area contributed by atoms with Crippen LogP contribution in [0.2, 0.25) is 0 Å². The fourth-order valence-electron chi connectivity index (χ4n) is 2.47. The van der Waals surface area contributed by atoms with Crippen LogP contribution in [0.1, 0.15) is 18.9 Å². The average molecular weight is 250 g/mol. The highest BCUT2D eigenvalue weighted by atomic mass is 19.1. The van der Waals surface area contributed by atoms with Gasteiger partial charge in [0.2, 0.25) is 5.91 Å². The first-order chi connectivity index (χ1) is 8.58. The molecule has 1 aromatic carbocycles. The van der Waals surface area contributed by atoms with Gasteiger partial charge in [0.15, 0.2) is 0 Å². The van der Waals surface area contributed by atoms with E-state index in [1.54, 1.807) is 18.0 Å². The summed E-state index contributed by atoms with van der Waals surface area (Å²) >= 11 is 0. The van der Waals surface area contributed by atoms with Crippen LogP contribution in [-0.2, 0) is 11.3 Å². The Hall–Kier alpha value is -1.42. The summed E-state index contributed by atoms with van der Waals surface area (Å²) in [5.74, 6) is -0.0791. The molecule has 1 saturated heterocycles. The Balaban J connectivity index is 1.99. The van der Waals surface area contributed by atoms with Gasteiger partial charge in [-0.2, -0.15) is 0 Å². The van der Waals surface area contributed by atoms with Gasteiger partial charge in [-0.25, -0.2) is 4.39 Å². The first-order valence-corrected chi connectivity index (χ1v) is 6.30. The highest BCUT2D eigenvalue weighted by molar-refractivity contribution is 5.79. The van der Waals surface area contributed by atoms with Gasteiger partial charge in [0.05, 0.1) is 5.92 Å². The van der Waals surface area contributed by atoms with Crippen molar-refractivity contribution in [3.05, 3.63) is 35.6 Å². The molecule has 0 radical (unpaired) electrons. The lowest BCUT2D eigenvalue weighted by atomic mass is 10.0. The minimum Gasteiger partial charge on any atom is -0.341 e. The van der Waals surface area contributed by atoms with Gasteiger partial charge in [0.1, 0.15) is 5.82 Å². The SMILES string of the molecule is CC1NCCC1C(=O)N(C)Cc1cccc(F)c1. The van der Waals surface area contributed by atoms with E-state index >= 15 is 0 Å². The zero-order chi connectivity index (χ0) is 13.1. The summed E-state index contributed by atoms with van der Waals surface area (Å²) in [7, 11) is 1.78. The van der Waals surface area contributed by atoms with Crippen LogP contribution in [0.4, 0.5) is 4.39 Å². The summed E-state index contributed by atoms with van der Waals surface area (Å²) in [5, 5.41) is 3.27. The molecule has 1 N–H and O–H groups in total. The van der Waals surface area contributed by atoms with Crippen molar-refractivity contribution in [2.45, 2.75) is 25.9 Å². The minimum absolute atomic E-state index is 0.0450. The van der Waals surface area contributed by atoms with Crippen LogP contribution in [0, 0.1) is 11.7 Å². The lowest BCUT2D eigenvalue weighted by molar-refractivity contribution is -0.134. The van der Waals surface area contributed by atoms with Crippen molar-refractivity contribution in [3.63, 3.8) is 0 Å². The van der Waals surface area contributed by atoms with Crippen molar-refractivity contribution < 1.29 is 9.18 Å². The van der Waals surface area contributed by atoms with Crippen LogP contribution in [0.5, 0.6) is 0 Å². The van der Waals surface area contributed by atoms with E-state index < -0.39 is 0 Å². The van der Waals surface area contributed by atoms with Crippen LogP contribution in [0.25, 0.3) is 0 Å². The van der Waals surface area contributed by atoms with Crippen molar-refractivity contribution in [2.75, 3.05) is 13.6 Å². The van der Waals surface area contributed by atoms with E-state index in [-0.39, 0.29) is 23.7 Å². The number of amides is 1. The molecule has 0 saturated carbocycles. The first kappa shape index (κ1) is 13.0. The van der Waals surface area contributed by atoms with Gasteiger partial charge in [-0.15, -0.1) is 0 Å². The molecule has 1 aliphatic rings. The van der Waals surface area contributed by atoms with E-state index in [2.05, 4.69) is 5.32 Å². The predicted molar refractivity (Wildman–Crippen MR) is 68.4 cm³/mol. The Morgan fingerprint density at radius 3 is 2.94 bits per heavy atom. The topological polar surface area (TPSA) is 32.3 Å². The standard InChI is InChI=1S/C14H19FN2O/c1-10-13(6-7-16-10)14(18)17(2)9-11-4-3-5-12(15)8-11/h3-5,8,10,13,16H,6-7,9H2,1-2H3. The summed E-state index contributed by atoms with van der Waals surface area (Å²) in [5.41, 5.74) is 0.824. The molecule has 1 fully saturated rings. The smallest absolute Gasteiger partial charge is 0.227 e. The van der Waals surface area contributed by atoms with Crippen LogP contribution < -0.4 is 5.32 Å². The zero-order valence-corrected chi connectivity index (χ0v) is 10.8. The van der Waals surface area contributed by atoms with Gasteiger partial charge < -0.3 is 10.2 Å². The van der Waals surface area contributed by atoms with Gasteiger partial charge in [-0.1, -0.05) is 12.1 Å². The summed E-state index contributed by atoms with van der Waals surface area (Å²) in [4.78, 5) is 13.9. The van der Waals surface area contributed by atoms with Crippen LogP contribution in [-0.4, -0.2) is 30.4 Å². The van der Waals surface area contributed by atoms with Crippen molar-refractivity contribution in [3.8, 4) is 0 Å². The van der Waals surface area contributed by atoms with Crippen molar-refractivity contribution in [1.82, 2.24) is 10.2 Å². The quantitative estimate of drug-likeness (QED) is 0.887. The molecular formula is C14H19FN2O. The molecule has 0 spiro atoms. The second-order valence-corrected chi connectivity index (χ2v) is 4.96. The Bertz CT molecular complexity index is 436. The highest BCUT2D eigenvalue weighted by Gasteiger charge is 2.31. The summed E-state index contributed by atoms with van der Waals surface area (Å²) in [6.07, 6.45) is 0.882. The monoisotopic (exact) mass is 250 g/mol. The van der Waals surface area contributed by atoms with Gasteiger partial charge in [0.25, 0.3) is 0 Å². The maximum absolute atomic E-state index is 13.1. The van der Waals surface area contributed by atoms with E-state index in [4.69, 9.17) is 0 Å². The molecular weight excluding hydrogens is 231 g/mol. The molecule has 1 aromatic rings. The lowest BCUT2D eigenvalue weighted by Gasteiger charge is -2.23. The number of halogens is 1. The van der Waals surface area contributed by atoms with Gasteiger partial charge in [-0.05, 0) is 37.6 Å². The third-order valence-electron chi connectivity index (χ3n) is 3.53. The number of carbonyl (C=O) groups excluding carboxylic acids is 1. The maximum atomic E-state index is 13.1. The molecule has 0 bridgehead atoms. The largest absolute Gasteiger partial charge is 0.341 e. The Morgan fingerprint density at radius 1 is 1.56 bits per heavy atom. The Morgan fingerprint density at radius 2 is 2.33 bits per heavy atom. The van der Waals surface area contributed by atoms with Gasteiger partial charge >= 0.3 is 0 Å². The fraction of sp³-hybridized carbons (Fsp3) is 0.500. The van der Waals surface area contributed by atoms with E-state index in [1.807, 2.05) is 13.0 Å². The molecule has 18 heavy (non-hydrogen) atoms. The molecule has 98 valence electrons. The summed E-state index contributed by atoms with van der Waals surface area (Å²) in [6, 6.07) is 6.62. The van der Waals surface area contributed by atoms with Crippen LogP contribution in [0.3, 0.4) is 0 Å². The zero-order valence-electron chi connectivity index (χ0n) is 10.8. The highest BCUT2D eigenvalue weighted by Crippen LogP contribution is 2.18. The predicted octanol–water partition coefficient (Wildman–Crippen LogP) is 1.78. The summed E-state index contributed by atoms with van der Waals surface area (Å²) < 4.78 is 13.1. The number of carbonyl (C=O) groups is 1. The molecule has 2 rings (SSSR count). The Kier molecular flexibility index (Phi) is 3.97. The molecule has 0 aromatic heterocycles. The number of rotatable bonds is 3. The second-order valence-electron chi connectivity index (χ2n) is 4.96. The van der Waals surface area contributed by atoms with E-state index in [9.17, 15) is 9.18 Å². The number of benzene rings is 1. The van der Waals surface area contributed by atoms with Crippen LogP contribution in [0.15, 0.2) is 24.3 Å². The first-order valence-electron chi connectivity index (χ1n) is 6.30. The normalized spacial score (nSPS) is 23.1. The van der Waals surface area contributed by atoms with E-state index in [0.717, 1.165) is 18.5 Å². The summed E-state index contributed by atoms with van der Waals surface area (Å²) in [6.45, 7) is 3.39. The van der Waals surface area contributed by atoms with E-state index in [0.29, 0.717) is 6.54 Å². The molecule has 2 unspecified atom stereocenters. The minimum atomic E-state index is -0.260. The third kappa shape index (κ3) is 2.88. The molecule has 1 heterocycles. The fourth-order valence-corrected chi connectivity index (χ4v) is 2.47. The van der Waals surface area contributed by atoms with Crippen molar-refractivity contribution in [1.29, 1.82) is 0 Å². The number of nitrogens with one attached hydrogen (secondary N) is 1. The van der Waals surface area contributed by atoms with Gasteiger partial charge in [0, 0.05) is 19.6 Å².